The molecule has 0 fully saturated rings. The molecule has 0 unspecified atom stereocenters. The van der Waals surface area contributed by atoms with Crippen molar-refractivity contribution < 1.29 is 4.74 Å². The summed E-state index contributed by atoms with van der Waals surface area (Å²) in [7, 11) is 0. The highest BCUT2D eigenvalue weighted by atomic mass is 16.5. The summed E-state index contributed by atoms with van der Waals surface area (Å²) in [5, 5.41) is 7.37. The predicted octanol–water partition coefficient (Wildman–Crippen LogP) is 2.17. The Balaban J connectivity index is 2.06. The van der Waals surface area contributed by atoms with E-state index in [1.54, 1.807) is 0 Å². The molecule has 2 heterocycles. The maximum absolute atomic E-state index is 5.79. The largest absolute Gasteiger partial charge is 0.493 e. The Hall–Kier alpha value is -1.81. The number of nitrogens with one attached hydrogen (secondary N) is 1. The Morgan fingerprint density at radius 1 is 1.44 bits per heavy atom. The maximum atomic E-state index is 5.79. The summed E-state index contributed by atoms with van der Waals surface area (Å²) in [6, 6.07) is 6.26. The van der Waals surface area contributed by atoms with E-state index < -0.39 is 0 Å². The topological polar surface area (TPSA) is 63.9 Å². The molecule has 2 aromatic rings. The maximum Gasteiger partial charge on any atom is 0.122 e. The third-order valence-electron chi connectivity index (χ3n) is 3.46. The number of hydrogen-bond donors (Lipinski definition) is 2. The van der Waals surface area contributed by atoms with Crippen LogP contribution in [0.15, 0.2) is 18.2 Å². The lowest BCUT2D eigenvalue weighted by Crippen LogP contribution is -2.08. The molecule has 1 aliphatic rings. The molecule has 0 saturated carbocycles. The highest BCUT2D eigenvalue weighted by Gasteiger charge is 2.15. The summed E-state index contributed by atoms with van der Waals surface area (Å²) in [5.74, 6) is 1.01. The van der Waals surface area contributed by atoms with E-state index in [0.717, 1.165) is 47.7 Å². The van der Waals surface area contributed by atoms with E-state index in [1.807, 2.05) is 13.0 Å². The van der Waals surface area contributed by atoms with Gasteiger partial charge in [-0.25, -0.2) is 0 Å². The number of nitrogens with two attached hydrogens (primary N) is 1. The number of H-pyrrole nitrogens is 1. The molecule has 4 nitrogen and oxygen atoms in total. The highest BCUT2D eigenvalue weighted by Crippen LogP contribution is 2.31. The summed E-state index contributed by atoms with van der Waals surface area (Å²) in [6.45, 7) is 3.33. The Bertz CT molecular complexity index is 574. The summed E-state index contributed by atoms with van der Waals surface area (Å²) < 4.78 is 5.62. The van der Waals surface area contributed by atoms with Crippen molar-refractivity contribution in [3.8, 4) is 17.0 Å². The van der Waals surface area contributed by atoms with Gasteiger partial charge in [-0.15, -0.1) is 0 Å². The lowest BCUT2D eigenvalue weighted by molar-refractivity contribution is 0.288. The van der Waals surface area contributed by atoms with Crippen molar-refractivity contribution in [1.29, 1.82) is 0 Å². The molecule has 1 aromatic carbocycles. The van der Waals surface area contributed by atoms with Crippen LogP contribution in [-0.4, -0.2) is 16.8 Å². The van der Waals surface area contributed by atoms with Gasteiger partial charge in [0.15, 0.2) is 0 Å². The van der Waals surface area contributed by atoms with E-state index >= 15 is 0 Å². The molecular formula is C14H17N3O. The molecule has 3 N–H and O–H groups in total. The second-order valence-electron chi connectivity index (χ2n) is 4.65. The van der Waals surface area contributed by atoms with Crippen molar-refractivity contribution in [3.63, 3.8) is 0 Å². The standard InChI is InChI=1S/C14H17N3O/c1-9-12(8-15)14(17-16-9)11-4-5-13-10(7-11)3-2-6-18-13/h4-5,7H,2-3,6,8,15H2,1H3,(H,16,17). The number of aromatic nitrogens is 2. The van der Waals surface area contributed by atoms with Crippen LogP contribution in [0.25, 0.3) is 11.3 Å². The minimum atomic E-state index is 0.505. The smallest absolute Gasteiger partial charge is 0.122 e. The molecule has 1 aromatic heterocycles. The summed E-state index contributed by atoms with van der Waals surface area (Å²) >= 11 is 0. The van der Waals surface area contributed by atoms with Crippen LogP contribution in [-0.2, 0) is 13.0 Å². The minimum absolute atomic E-state index is 0.505. The summed E-state index contributed by atoms with van der Waals surface area (Å²) in [5.41, 5.74) is 11.3. The van der Waals surface area contributed by atoms with Crippen LogP contribution in [0.3, 0.4) is 0 Å². The average molecular weight is 243 g/mol. The van der Waals surface area contributed by atoms with Crippen LogP contribution in [0.4, 0.5) is 0 Å². The average Bonchev–Trinajstić information content (AvgIpc) is 2.79. The van der Waals surface area contributed by atoms with Crippen molar-refractivity contribution in [1.82, 2.24) is 10.2 Å². The Morgan fingerprint density at radius 2 is 2.33 bits per heavy atom. The second kappa shape index (κ2) is 4.46. The third-order valence-corrected chi connectivity index (χ3v) is 3.46. The number of hydrogen-bond acceptors (Lipinski definition) is 3. The third kappa shape index (κ3) is 1.78. The molecule has 18 heavy (non-hydrogen) atoms. The zero-order valence-electron chi connectivity index (χ0n) is 10.5. The molecule has 0 amide bonds. The fraction of sp³-hybridized carbons (Fsp3) is 0.357. The van der Waals surface area contributed by atoms with Crippen LogP contribution in [0.1, 0.15) is 23.2 Å². The molecule has 94 valence electrons. The predicted molar refractivity (Wildman–Crippen MR) is 70.5 cm³/mol. The molecule has 3 rings (SSSR count). The molecule has 0 atom stereocenters. The van der Waals surface area contributed by atoms with Gasteiger partial charge >= 0.3 is 0 Å². The monoisotopic (exact) mass is 243 g/mol. The summed E-state index contributed by atoms with van der Waals surface area (Å²) in [4.78, 5) is 0. The molecule has 0 radical (unpaired) electrons. The molecular weight excluding hydrogens is 226 g/mol. The first-order valence-corrected chi connectivity index (χ1v) is 6.29. The van der Waals surface area contributed by atoms with Crippen molar-refractivity contribution in [3.05, 3.63) is 35.0 Å². The van der Waals surface area contributed by atoms with Crippen molar-refractivity contribution in [2.45, 2.75) is 26.3 Å². The van der Waals surface area contributed by atoms with Crippen molar-refractivity contribution >= 4 is 0 Å². The normalized spacial score (nSPS) is 14.1. The van der Waals surface area contributed by atoms with Gasteiger partial charge in [-0.1, -0.05) is 0 Å². The Morgan fingerprint density at radius 3 is 3.17 bits per heavy atom. The number of aromatic amines is 1. The van der Waals surface area contributed by atoms with Gasteiger partial charge in [-0.3, -0.25) is 5.10 Å². The highest BCUT2D eigenvalue weighted by molar-refractivity contribution is 5.66. The number of benzene rings is 1. The van der Waals surface area contributed by atoms with Gasteiger partial charge in [0, 0.05) is 23.4 Å². The van der Waals surface area contributed by atoms with Gasteiger partial charge in [-0.2, -0.15) is 5.10 Å². The van der Waals surface area contributed by atoms with Crippen LogP contribution >= 0.6 is 0 Å². The van der Waals surface area contributed by atoms with Gasteiger partial charge in [0.05, 0.1) is 12.3 Å². The van der Waals surface area contributed by atoms with Gasteiger partial charge in [-0.05, 0) is 43.5 Å². The molecule has 0 saturated heterocycles. The number of ether oxygens (including phenoxy) is 1. The quantitative estimate of drug-likeness (QED) is 0.849. The zero-order chi connectivity index (χ0) is 12.5. The fourth-order valence-corrected chi connectivity index (χ4v) is 2.45. The van der Waals surface area contributed by atoms with Crippen LogP contribution < -0.4 is 10.5 Å². The molecule has 0 spiro atoms. The molecule has 0 aliphatic carbocycles. The Kier molecular flexibility index (Phi) is 2.80. The van der Waals surface area contributed by atoms with Gasteiger partial charge < -0.3 is 10.5 Å². The van der Waals surface area contributed by atoms with Crippen LogP contribution in [0, 0.1) is 6.92 Å². The summed E-state index contributed by atoms with van der Waals surface area (Å²) in [6.07, 6.45) is 2.16. The van der Waals surface area contributed by atoms with Crippen molar-refractivity contribution in [2.24, 2.45) is 5.73 Å². The van der Waals surface area contributed by atoms with Gasteiger partial charge in [0.2, 0.25) is 0 Å². The Labute approximate surface area is 106 Å². The van der Waals surface area contributed by atoms with E-state index in [0.29, 0.717) is 6.54 Å². The van der Waals surface area contributed by atoms with Crippen LogP contribution in [0.5, 0.6) is 5.75 Å². The van der Waals surface area contributed by atoms with Crippen molar-refractivity contribution in [2.75, 3.05) is 6.61 Å². The molecule has 0 bridgehead atoms. The first-order valence-electron chi connectivity index (χ1n) is 6.29. The number of nitrogens with zero attached hydrogens (tertiary/aromatic N) is 1. The molecule has 4 heteroatoms. The lowest BCUT2D eigenvalue weighted by Gasteiger charge is -2.17. The van der Waals surface area contributed by atoms with E-state index in [9.17, 15) is 0 Å². The van der Waals surface area contributed by atoms with E-state index in [-0.39, 0.29) is 0 Å². The first kappa shape index (κ1) is 11.3. The minimum Gasteiger partial charge on any atom is -0.493 e. The first-order chi connectivity index (χ1) is 8.79. The number of rotatable bonds is 2. The SMILES string of the molecule is Cc1[nH]nc(-c2ccc3c(c2)CCCO3)c1CN. The van der Waals surface area contributed by atoms with Crippen LogP contribution in [0.2, 0.25) is 0 Å². The number of fused-ring (bicyclic) bond motifs is 1. The lowest BCUT2D eigenvalue weighted by atomic mass is 9.99. The van der Waals surface area contributed by atoms with E-state index in [2.05, 4.69) is 22.3 Å². The zero-order valence-corrected chi connectivity index (χ0v) is 10.5. The van der Waals surface area contributed by atoms with Gasteiger partial charge in [0.25, 0.3) is 0 Å². The van der Waals surface area contributed by atoms with E-state index in [4.69, 9.17) is 10.5 Å². The van der Waals surface area contributed by atoms with E-state index in [1.165, 1.54) is 5.56 Å². The second-order valence-corrected chi connectivity index (χ2v) is 4.65. The molecule has 1 aliphatic heterocycles. The fourth-order valence-electron chi connectivity index (χ4n) is 2.45. The number of aryl methyl sites for hydroxylation is 2. The van der Waals surface area contributed by atoms with Gasteiger partial charge in [0.1, 0.15) is 5.75 Å².